The largest absolute Gasteiger partial charge is 0.478 e. The summed E-state index contributed by atoms with van der Waals surface area (Å²) < 4.78 is 31.5. The molecule has 1 fully saturated rings. The molecule has 0 saturated carbocycles. The first-order valence-electron chi connectivity index (χ1n) is 6.31. The molecule has 0 bridgehead atoms. The molecule has 0 radical (unpaired) electrons. The summed E-state index contributed by atoms with van der Waals surface area (Å²) >= 11 is 0. The highest BCUT2D eigenvalue weighted by atomic mass is 32.2. The van der Waals surface area contributed by atoms with E-state index in [0.717, 1.165) is 13.1 Å². The molecule has 106 valence electrons. The number of hydrogen-bond donors (Lipinski definition) is 0. The molecule has 2 rings (SSSR count). The maximum absolute atomic E-state index is 12.4. The maximum Gasteiger partial charge on any atom is 0.244 e. The fourth-order valence-electron chi connectivity index (χ4n) is 1.93. The minimum Gasteiger partial charge on any atom is -0.478 e. The molecule has 2 heterocycles. The SMILES string of the molecule is CCOc1ccc(S(=O)(=O)N2CCN(C)CC2)cn1. The number of aromatic nitrogens is 1. The lowest BCUT2D eigenvalue weighted by atomic mass is 10.4. The zero-order chi connectivity index (χ0) is 13.9. The first-order valence-corrected chi connectivity index (χ1v) is 7.75. The highest BCUT2D eigenvalue weighted by Gasteiger charge is 2.27. The van der Waals surface area contributed by atoms with Crippen LogP contribution in [-0.2, 0) is 10.0 Å². The molecule has 0 atom stereocenters. The van der Waals surface area contributed by atoms with Gasteiger partial charge < -0.3 is 9.64 Å². The van der Waals surface area contributed by atoms with E-state index in [1.807, 2.05) is 14.0 Å². The quantitative estimate of drug-likeness (QED) is 0.802. The van der Waals surface area contributed by atoms with Crippen molar-refractivity contribution in [1.82, 2.24) is 14.2 Å². The molecule has 0 amide bonds. The van der Waals surface area contributed by atoms with Gasteiger partial charge in [0, 0.05) is 32.2 Å². The smallest absolute Gasteiger partial charge is 0.244 e. The second-order valence-electron chi connectivity index (χ2n) is 4.47. The summed E-state index contributed by atoms with van der Waals surface area (Å²) in [5, 5.41) is 0. The lowest BCUT2D eigenvalue weighted by Crippen LogP contribution is -2.47. The Kier molecular flexibility index (Phi) is 4.38. The molecule has 0 N–H and O–H groups in total. The first kappa shape index (κ1) is 14.2. The Morgan fingerprint density at radius 2 is 1.95 bits per heavy atom. The number of sulfonamides is 1. The van der Waals surface area contributed by atoms with Crippen molar-refractivity contribution < 1.29 is 13.2 Å². The van der Waals surface area contributed by atoms with E-state index in [1.165, 1.54) is 10.5 Å². The number of nitrogens with zero attached hydrogens (tertiary/aromatic N) is 3. The van der Waals surface area contributed by atoms with Crippen LogP contribution in [0, 0.1) is 0 Å². The highest BCUT2D eigenvalue weighted by molar-refractivity contribution is 7.89. The highest BCUT2D eigenvalue weighted by Crippen LogP contribution is 2.18. The van der Waals surface area contributed by atoms with Gasteiger partial charge in [0.15, 0.2) is 0 Å². The van der Waals surface area contributed by atoms with Crippen LogP contribution in [0.3, 0.4) is 0 Å². The van der Waals surface area contributed by atoms with Gasteiger partial charge in [-0.1, -0.05) is 0 Å². The summed E-state index contributed by atoms with van der Waals surface area (Å²) in [6.45, 7) is 4.92. The van der Waals surface area contributed by atoms with E-state index >= 15 is 0 Å². The topological polar surface area (TPSA) is 62.7 Å². The van der Waals surface area contributed by atoms with Crippen LogP contribution in [-0.4, -0.2) is 62.4 Å². The van der Waals surface area contributed by atoms with Gasteiger partial charge >= 0.3 is 0 Å². The van der Waals surface area contributed by atoms with Crippen molar-refractivity contribution >= 4 is 10.0 Å². The van der Waals surface area contributed by atoms with Gasteiger partial charge in [-0.25, -0.2) is 13.4 Å². The summed E-state index contributed by atoms with van der Waals surface area (Å²) in [5.41, 5.74) is 0. The van der Waals surface area contributed by atoms with Crippen molar-refractivity contribution in [1.29, 1.82) is 0 Å². The van der Waals surface area contributed by atoms with Gasteiger partial charge in [-0.2, -0.15) is 4.31 Å². The minimum absolute atomic E-state index is 0.223. The van der Waals surface area contributed by atoms with Gasteiger partial charge in [0.1, 0.15) is 4.90 Å². The Balaban J connectivity index is 2.15. The van der Waals surface area contributed by atoms with Crippen LogP contribution in [0.15, 0.2) is 23.2 Å². The van der Waals surface area contributed by atoms with Crippen LogP contribution >= 0.6 is 0 Å². The van der Waals surface area contributed by atoms with Gasteiger partial charge in [0.2, 0.25) is 15.9 Å². The Morgan fingerprint density at radius 3 is 2.47 bits per heavy atom. The molecule has 1 aromatic heterocycles. The van der Waals surface area contributed by atoms with Crippen LogP contribution in [0.25, 0.3) is 0 Å². The molecular formula is C12H19N3O3S. The first-order chi connectivity index (χ1) is 9.04. The summed E-state index contributed by atoms with van der Waals surface area (Å²) in [5.74, 6) is 0.444. The second kappa shape index (κ2) is 5.85. The van der Waals surface area contributed by atoms with Crippen molar-refractivity contribution in [3.8, 4) is 5.88 Å². The van der Waals surface area contributed by atoms with Gasteiger partial charge in [-0.05, 0) is 20.0 Å². The Labute approximate surface area is 114 Å². The third-order valence-electron chi connectivity index (χ3n) is 3.10. The molecular weight excluding hydrogens is 266 g/mol. The molecule has 1 saturated heterocycles. The number of hydrogen-bond acceptors (Lipinski definition) is 5. The number of likely N-dealkylation sites (N-methyl/N-ethyl adjacent to an activating group) is 1. The molecule has 7 heteroatoms. The van der Waals surface area contributed by atoms with E-state index in [-0.39, 0.29) is 4.90 Å². The van der Waals surface area contributed by atoms with Crippen molar-refractivity contribution in [2.45, 2.75) is 11.8 Å². The van der Waals surface area contributed by atoms with Crippen molar-refractivity contribution in [2.75, 3.05) is 39.8 Å². The fraction of sp³-hybridized carbons (Fsp3) is 0.583. The van der Waals surface area contributed by atoms with Crippen LogP contribution < -0.4 is 4.74 Å². The van der Waals surface area contributed by atoms with Gasteiger partial charge in [-0.15, -0.1) is 0 Å². The normalized spacial score (nSPS) is 18.4. The Hall–Kier alpha value is -1.18. The van der Waals surface area contributed by atoms with E-state index in [2.05, 4.69) is 9.88 Å². The summed E-state index contributed by atoms with van der Waals surface area (Å²) in [4.78, 5) is 6.34. The maximum atomic E-state index is 12.4. The van der Waals surface area contributed by atoms with Crippen molar-refractivity contribution in [3.05, 3.63) is 18.3 Å². The zero-order valence-corrected chi connectivity index (χ0v) is 12.1. The van der Waals surface area contributed by atoms with E-state index in [0.29, 0.717) is 25.6 Å². The van der Waals surface area contributed by atoms with Crippen molar-refractivity contribution in [3.63, 3.8) is 0 Å². The van der Waals surface area contributed by atoms with Crippen LogP contribution in [0.5, 0.6) is 5.88 Å². The van der Waals surface area contributed by atoms with E-state index in [4.69, 9.17) is 4.74 Å². The summed E-state index contributed by atoms with van der Waals surface area (Å²) in [6.07, 6.45) is 1.36. The number of ether oxygens (including phenoxy) is 1. The van der Waals surface area contributed by atoms with Crippen LogP contribution in [0.1, 0.15) is 6.92 Å². The second-order valence-corrected chi connectivity index (χ2v) is 6.41. The summed E-state index contributed by atoms with van der Waals surface area (Å²) in [7, 11) is -1.44. The molecule has 6 nitrogen and oxygen atoms in total. The van der Waals surface area contributed by atoms with Gasteiger partial charge in [-0.3, -0.25) is 0 Å². The monoisotopic (exact) mass is 285 g/mol. The van der Waals surface area contributed by atoms with Gasteiger partial charge in [0.05, 0.1) is 12.8 Å². The molecule has 0 aromatic carbocycles. The average molecular weight is 285 g/mol. The third kappa shape index (κ3) is 3.23. The number of rotatable bonds is 4. The molecule has 0 spiro atoms. The van der Waals surface area contributed by atoms with Gasteiger partial charge in [0.25, 0.3) is 0 Å². The molecule has 0 unspecified atom stereocenters. The average Bonchev–Trinajstić information content (AvgIpc) is 2.40. The standard InChI is InChI=1S/C12H19N3O3S/c1-3-18-12-5-4-11(10-13-12)19(16,17)15-8-6-14(2)7-9-15/h4-5,10H,3,6-9H2,1-2H3. The molecule has 1 aromatic rings. The van der Waals surface area contributed by atoms with Crippen molar-refractivity contribution in [2.24, 2.45) is 0 Å². The number of piperazine rings is 1. The fourth-order valence-corrected chi connectivity index (χ4v) is 3.30. The third-order valence-corrected chi connectivity index (χ3v) is 4.98. The van der Waals surface area contributed by atoms with E-state index in [9.17, 15) is 8.42 Å². The molecule has 1 aliphatic heterocycles. The lowest BCUT2D eigenvalue weighted by Gasteiger charge is -2.31. The predicted molar refractivity (Wildman–Crippen MR) is 71.7 cm³/mol. The van der Waals surface area contributed by atoms with Crippen LogP contribution in [0.4, 0.5) is 0 Å². The van der Waals surface area contributed by atoms with E-state index in [1.54, 1.807) is 12.1 Å². The number of pyridine rings is 1. The Morgan fingerprint density at radius 1 is 1.26 bits per heavy atom. The summed E-state index contributed by atoms with van der Waals surface area (Å²) in [6, 6.07) is 3.14. The molecule has 19 heavy (non-hydrogen) atoms. The zero-order valence-electron chi connectivity index (χ0n) is 11.2. The minimum atomic E-state index is -3.43. The Bertz CT molecular complexity index is 508. The lowest BCUT2D eigenvalue weighted by molar-refractivity contribution is 0.222. The van der Waals surface area contributed by atoms with E-state index < -0.39 is 10.0 Å². The molecule has 1 aliphatic rings. The molecule has 0 aliphatic carbocycles. The van der Waals surface area contributed by atoms with Crippen LogP contribution in [0.2, 0.25) is 0 Å². The predicted octanol–water partition coefficient (Wildman–Crippen LogP) is 0.416.